The summed E-state index contributed by atoms with van der Waals surface area (Å²) in [7, 11) is 1.71. The van der Waals surface area contributed by atoms with Crippen LogP contribution in [-0.4, -0.2) is 79.3 Å². The van der Waals surface area contributed by atoms with Gasteiger partial charge in [-0.2, -0.15) is 13.2 Å². The minimum atomic E-state index is -5.10. The van der Waals surface area contributed by atoms with E-state index in [0.29, 0.717) is 24.4 Å². The molecular formula is C24H33F3N6O4. The number of ether oxygens (including phenoxy) is 1. The molecule has 2 amide bonds. The lowest BCUT2D eigenvalue weighted by Crippen LogP contribution is -2.54. The van der Waals surface area contributed by atoms with Crippen molar-refractivity contribution < 1.29 is 32.6 Å². The molecule has 204 valence electrons. The zero-order chi connectivity index (χ0) is 27.2. The van der Waals surface area contributed by atoms with Gasteiger partial charge >= 0.3 is 12.1 Å². The quantitative estimate of drug-likeness (QED) is 0.133. The van der Waals surface area contributed by atoms with E-state index in [1.165, 1.54) is 29.6 Å². The number of nitrogens with zero attached hydrogens (tertiary/aromatic N) is 1. The summed E-state index contributed by atoms with van der Waals surface area (Å²) >= 11 is 0. The Bertz CT molecular complexity index is 1010. The summed E-state index contributed by atoms with van der Waals surface area (Å²) in [5, 5.41) is 25.7. The zero-order valence-electron chi connectivity index (χ0n) is 20.5. The Morgan fingerprint density at radius 3 is 2.59 bits per heavy atom. The van der Waals surface area contributed by atoms with Crippen molar-refractivity contribution in [2.75, 3.05) is 33.4 Å². The fraction of sp³-hybridized carbons (Fsp3) is 0.542. The van der Waals surface area contributed by atoms with Crippen LogP contribution in [0.1, 0.15) is 43.0 Å². The third-order valence-electron chi connectivity index (χ3n) is 6.49. The zero-order valence-corrected chi connectivity index (χ0v) is 20.5. The molecular weight excluding hydrogens is 493 g/mol. The molecule has 10 nitrogen and oxygen atoms in total. The molecule has 13 heteroatoms. The Morgan fingerprint density at radius 1 is 1.27 bits per heavy atom. The average molecular weight is 527 g/mol. The van der Waals surface area contributed by atoms with Gasteiger partial charge in [0.05, 0.1) is 19.3 Å². The number of carbonyl (C=O) groups excluding carboxylic acids is 2. The summed E-state index contributed by atoms with van der Waals surface area (Å²) < 4.78 is 42.7. The van der Waals surface area contributed by atoms with Crippen molar-refractivity contribution in [3.8, 4) is 0 Å². The first-order valence-electron chi connectivity index (χ1n) is 12.1. The molecule has 1 aromatic rings. The number of aliphatic hydroxyl groups is 1. The number of alkyl halides is 3. The minimum absolute atomic E-state index is 0.0413. The van der Waals surface area contributed by atoms with Crippen LogP contribution in [0, 0.1) is 5.41 Å². The van der Waals surface area contributed by atoms with Crippen LogP contribution in [0.3, 0.4) is 0 Å². The Labute approximate surface area is 212 Å². The molecule has 1 aromatic carbocycles. The van der Waals surface area contributed by atoms with E-state index in [0.717, 1.165) is 31.3 Å². The van der Waals surface area contributed by atoms with Crippen molar-refractivity contribution in [3.63, 3.8) is 0 Å². The number of likely N-dealkylation sites (N-methyl/N-ethyl adjacent to an activating group) is 1. The highest BCUT2D eigenvalue weighted by Crippen LogP contribution is 2.26. The van der Waals surface area contributed by atoms with E-state index in [9.17, 15) is 27.9 Å². The molecule has 1 heterocycles. The molecule has 0 aromatic heterocycles. The van der Waals surface area contributed by atoms with Gasteiger partial charge < -0.3 is 31.1 Å². The summed E-state index contributed by atoms with van der Waals surface area (Å²) in [4.78, 5) is 26.2. The molecule has 1 saturated carbocycles. The smallest absolute Gasteiger partial charge is 0.384 e. The van der Waals surface area contributed by atoms with E-state index >= 15 is 0 Å². The maximum Gasteiger partial charge on any atom is 0.471 e. The highest BCUT2D eigenvalue weighted by atomic mass is 19.4. The first kappa shape index (κ1) is 28.6. The van der Waals surface area contributed by atoms with Crippen LogP contribution < -0.4 is 21.7 Å². The Kier molecular flexibility index (Phi) is 9.65. The van der Waals surface area contributed by atoms with Gasteiger partial charge in [0.2, 0.25) is 0 Å². The van der Waals surface area contributed by atoms with Crippen LogP contribution in [-0.2, 0) is 14.3 Å². The van der Waals surface area contributed by atoms with Crippen molar-refractivity contribution in [1.82, 2.24) is 20.9 Å². The number of nitrogens with two attached hydrogens (primary N) is 1. The normalized spacial score (nSPS) is 22.7. The molecule has 1 aliphatic heterocycles. The molecule has 3 atom stereocenters. The van der Waals surface area contributed by atoms with Gasteiger partial charge in [-0.05, 0) is 30.4 Å². The van der Waals surface area contributed by atoms with Gasteiger partial charge in [-0.25, -0.2) is 0 Å². The van der Waals surface area contributed by atoms with E-state index < -0.39 is 24.1 Å². The van der Waals surface area contributed by atoms with E-state index in [4.69, 9.17) is 15.9 Å². The standard InChI is InChI=1S/C24H33F3N6O4/c1-30-19(17-4-2-3-5-18(17)28)22(35)33-10-11-37-13-16(33)12-31-21(34)15-8-6-14(7-9-15)20(29)32-23(36)24(25,26)27/h6-9,16,18,21,30-31,34H,2-5,10-13,28H2,1H3,(H2,29,32,36)/b19-17-. The summed E-state index contributed by atoms with van der Waals surface area (Å²) in [6.07, 6.45) is -2.64. The predicted octanol–water partition coefficient (Wildman–Crippen LogP) is 0.873. The lowest BCUT2D eigenvalue weighted by atomic mass is 9.88. The Hall–Kier alpha value is -3.00. The number of benzene rings is 1. The molecule has 7 N–H and O–H groups in total. The first-order valence-corrected chi connectivity index (χ1v) is 12.1. The molecule has 3 rings (SSSR count). The van der Waals surface area contributed by atoms with Gasteiger partial charge in [0.15, 0.2) is 0 Å². The summed E-state index contributed by atoms with van der Waals surface area (Å²) in [6, 6.07) is 4.97. The molecule has 0 spiro atoms. The van der Waals surface area contributed by atoms with E-state index in [1.807, 2.05) is 0 Å². The number of nitrogens with one attached hydrogen (secondary N) is 4. The molecule has 2 fully saturated rings. The van der Waals surface area contributed by atoms with Gasteiger partial charge in [-0.15, -0.1) is 0 Å². The van der Waals surface area contributed by atoms with Gasteiger partial charge in [0.1, 0.15) is 17.8 Å². The maximum atomic E-state index is 13.4. The van der Waals surface area contributed by atoms with Crippen LogP contribution in [0.4, 0.5) is 13.2 Å². The largest absolute Gasteiger partial charge is 0.471 e. The van der Waals surface area contributed by atoms with E-state index in [-0.39, 0.29) is 36.7 Å². The molecule has 1 aliphatic carbocycles. The highest BCUT2D eigenvalue weighted by molar-refractivity contribution is 6.07. The van der Waals surface area contributed by atoms with Crippen molar-refractivity contribution in [1.29, 1.82) is 5.41 Å². The Balaban J connectivity index is 1.62. The number of hydrogen-bond acceptors (Lipinski definition) is 8. The van der Waals surface area contributed by atoms with Gasteiger partial charge in [-0.3, -0.25) is 20.3 Å². The number of amides is 2. The summed E-state index contributed by atoms with van der Waals surface area (Å²) in [6.45, 7) is 1.26. The number of halogens is 3. The first-order chi connectivity index (χ1) is 17.5. The SMILES string of the molecule is CN/C(C(=O)N1CCOCC1CNC(O)c1ccc(C(=N)NC(=O)C(F)(F)F)cc1)=C1/CCCCC1N. The third-order valence-corrected chi connectivity index (χ3v) is 6.49. The van der Waals surface area contributed by atoms with Gasteiger partial charge in [0, 0.05) is 31.7 Å². The van der Waals surface area contributed by atoms with Gasteiger partial charge in [-0.1, -0.05) is 30.7 Å². The van der Waals surface area contributed by atoms with Crippen molar-refractivity contribution in [3.05, 3.63) is 46.7 Å². The lowest BCUT2D eigenvalue weighted by molar-refractivity contribution is -0.171. The maximum absolute atomic E-state index is 13.4. The average Bonchev–Trinajstić information content (AvgIpc) is 2.88. The fourth-order valence-corrected chi connectivity index (χ4v) is 4.44. The number of aliphatic hydroxyl groups excluding tert-OH is 1. The van der Waals surface area contributed by atoms with Gasteiger partial charge in [0.25, 0.3) is 5.91 Å². The van der Waals surface area contributed by atoms with E-state index in [1.54, 1.807) is 11.9 Å². The molecule has 1 saturated heterocycles. The van der Waals surface area contributed by atoms with E-state index in [2.05, 4.69) is 10.6 Å². The monoisotopic (exact) mass is 526 g/mol. The molecule has 2 aliphatic rings. The molecule has 0 radical (unpaired) electrons. The van der Waals surface area contributed by atoms with Crippen molar-refractivity contribution in [2.24, 2.45) is 5.73 Å². The number of rotatable bonds is 7. The summed E-state index contributed by atoms with van der Waals surface area (Å²) in [5.41, 5.74) is 8.13. The summed E-state index contributed by atoms with van der Waals surface area (Å²) in [5.74, 6) is -3.11. The minimum Gasteiger partial charge on any atom is -0.384 e. The highest BCUT2D eigenvalue weighted by Gasteiger charge is 2.39. The van der Waals surface area contributed by atoms with Crippen LogP contribution in [0.5, 0.6) is 0 Å². The topological polar surface area (TPSA) is 153 Å². The second-order valence-corrected chi connectivity index (χ2v) is 8.99. The number of hydrogen-bond donors (Lipinski definition) is 6. The molecule has 3 unspecified atom stereocenters. The van der Waals surface area contributed by atoms with Crippen LogP contribution in [0.2, 0.25) is 0 Å². The second-order valence-electron chi connectivity index (χ2n) is 8.99. The predicted molar refractivity (Wildman–Crippen MR) is 129 cm³/mol. The molecule has 37 heavy (non-hydrogen) atoms. The Morgan fingerprint density at radius 2 is 1.97 bits per heavy atom. The number of morpholine rings is 1. The fourth-order valence-electron chi connectivity index (χ4n) is 4.44. The number of carbonyl (C=O) groups is 2. The number of amidine groups is 1. The van der Waals surface area contributed by atoms with Crippen LogP contribution in [0.15, 0.2) is 35.5 Å². The molecule has 0 bridgehead atoms. The van der Waals surface area contributed by atoms with Crippen LogP contribution >= 0.6 is 0 Å². The second kappa shape index (κ2) is 12.5. The van der Waals surface area contributed by atoms with Crippen molar-refractivity contribution in [2.45, 2.75) is 50.2 Å². The van der Waals surface area contributed by atoms with Crippen molar-refractivity contribution >= 4 is 17.6 Å². The third kappa shape index (κ3) is 7.28. The van der Waals surface area contributed by atoms with Crippen LogP contribution in [0.25, 0.3) is 0 Å². The lowest BCUT2D eigenvalue weighted by Gasteiger charge is -2.37.